The molecule has 3 rings (SSSR count). The van der Waals surface area contributed by atoms with Crippen LogP contribution in [0.2, 0.25) is 0 Å². The minimum atomic E-state index is -1.36. The van der Waals surface area contributed by atoms with Crippen LogP contribution in [0.3, 0.4) is 0 Å². The van der Waals surface area contributed by atoms with Crippen LogP contribution in [0.5, 0.6) is 23.3 Å². The molecule has 0 aliphatic carbocycles. The van der Waals surface area contributed by atoms with Gasteiger partial charge >= 0.3 is 0 Å². The van der Waals surface area contributed by atoms with E-state index in [4.69, 9.17) is 4.74 Å². The summed E-state index contributed by atoms with van der Waals surface area (Å²) in [7, 11) is 1.33. The Hall–Kier alpha value is -3.82. The monoisotopic (exact) mass is 358 g/mol. The van der Waals surface area contributed by atoms with Gasteiger partial charge in [-0.2, -0.15) is 0 Å². The summed E-state index contributed by atoms with van der Waals surface area (Å²) in [6.45, 7) is 0. The summed E-state index contributed by atoms with van der Waals surface area (Å²) in [5, 5.41) is 30.7. The Morgan fingerprint density at radius 3 is 1.96 bits per heavy atom. The lowest BCUT2D eigenvalue weighted by molar-refractivity contribution is 0.369. The summed E-state index contributed by atoms with van der Waals surface area (Å²) in [6, 6.07) is 4.40. The van der Waals surface area contributed by atoms with Crippen LogP contribution in [-0.4, -0.2) is 42.4 Å². The topological polar surface area (TPSA) is 161 Å². The van der Waals surface area contributed by atoms with E-state index in [0.717, 1.165) is 12.7 Å². The van der Waals surface area contributed by atoms with E-state index < -0.39 is 28.8 Å². The number of nitrogens with zero attached hydrogens (tertiary/aromatic N) is 2. The molecule has 0 saturated carbocycles. The number of methoxy groups -OCH3 is 1. The highest BCUT2D eigenvalue weighted by Gasteiger charge is 2.32. The van der Waals surface area contributed by atoms with Crippen LogP contribution >= 0.6 is 0 Å². The molecule has 0 bridgehead atoms. The van der Waals surface area contributed by atoms with Gasteiger partial charge in [0.1, 0.15) is 0 Å². The Kier molecular flexibility index (Phi) is 4.31. The third-order valence-electron chi connectivity index (χ3n) is 3.87. The normalized spacial score (nSPS) is 10.8. The quantitative estimate of drug-likeness (QED) is 0.440. The van der Waals surface area contributed by atoms with E-state index in [1.807, 2.05) is 0 Å². The van der Waals surface area contributed by atoms with Gasteiger partial charge in [-0.05, 0) is 6.07 Å². The molecular weight excluding hydrogens is 344 g/mol. The third-order valence-corrected chi connectivity index (χ3v) is 3.87. The summed E-state index contributed by atoms with van der Waals surface area (Å²) in [5.41, 5.74) is -2.17. The lowest BCUT2D eigenvalue weighted by Gasteiger charge is -2.19. The van der Waals surface area contributed by atoms with Crippen molar-refractivity contribution in [2.24, 2.45) is 0 Å². The van der Waals surface area contributed by atoms with Gasteiger partial charge in [-0.15, -0.1) is 0 Å². The van der Waals surface area contributed by atoms with E-state index in [9.17, 15) is 24.9 Å². The summed E-state index contributed by atoms with van der Waals surface area (Å²) < 4.78 is 5.05. The largest absolute Gasteiger partial charge is 0.504 e. The van der Waals surface area contributed by atoms with Gasteiger partial charge in [0.05, 0.1) is 36.8 Å². The second-order valence-electron chi connectivity index (χ2n) is 5.27. The van der Waals surface area contributed by atoms with Gasteiger partial charge in [0.15, 0.2) is 11.5 Å². The average molecular weight is 358 g/mol. The molecule has 0 amide bonds. The molecule has 2 heterocycles. The van der Waals surface area contributed by atoms with Gasteiger partial charge in [-0.25, -0.2) is 9.97 Å². The predicted octanol–water partition coefficient (Wildman–Crippen LogP) is 0.159. The maximum atomic E-state index is 12.3. The Labute approximate surface area is 145 Å². The maximum absolute atomic E-state index is 12.3. The van der Waals surface area contributed by atoms with Crippen molar-refractivity contribution in [1.82, 2.24) is 19.9 Å². The zero-order valence-electron chi connectivity index (χ0n) is 13.4. The van der Waals surface area contributed by atoms with Crippen molar-refractivity contribution in [3.63, 3.8) is 0 Å². The molecule has 0 fully saturated rings. The van der Waals surface area contributed by atoms with Crippen LogP contribution in [0.1, 0.15) is 22.6 Å². The number of hydrogen-bond donors (Lipinski definition) is 5. The number of H-pyrrole nitrogens is 2. The van der Waals surface area contributed by atoms with Crippen molar-refractivity contribution in [2.45, 2.75) is 5.92 Å². The molecule has 134 valence electrons. The number of ether oxygens (including phenoxy) is 1. The highest BCUT2D eigenvalue weighted by Crippen LogP contribution is 2.42. The molecule has 0 aliphatic rings. The van der Waals surface area contributed by atoms with Crippen LogP contribution in [0, 0.1) is 0 Å². The third kappa shape index (κ3) is 2.73. The average Bonchev–Trinajstić information content (AvgIpc) is 2.60. The standard InChI is InChI=1S/C16H14N4O6/c1-26-8-4-2-3-7(12(8)21)9(10-13(22)17-5-18-14(10)23)11-15(24)19-6-20-16(11)25/h2-6,9,21H,1H3,(H2,17,18,22,23)(H2,19,20,24,25). The molecule has 3 aromatic rings. The SMILES string of the molecule is COc1cccc(C(c2c(O)nc[nH]c2=O)c2c(O)nc[nH]c2=O)c1O. The van der Waals surface area contributed by atoms with E-state index in [0.29, 0.717) is 0 Å². The van der Waals surface area contributed by atoms with Crippen LogP contribution < -0.4 is 15.9 Å². The van der Waals surface area contributed by atoms with E-state index >= 15 is 0 Å². The lowest BCUT2D eigenvalue weighted by Crippen LogP contribution is -2.24. The number of phenolic OH excluding ortho intramolecular Hbond substituents is 1. The Balaban J connectivity index is 2.43. The molecule has 0 radical (unpaired) electrons. The van der Waals surface area contributed by atoms with Crippen LogP contribution in [0.15, 0.2) is 40.4 Å². The van der Waals surface area contributed by atoms with Gasteiger partial charge < -0.3 is 30.0 Å². The fourth-order valence-corrected chi connectivity index (χ4v) is 2.71. The molecule has 26 heavy (non-hydrogen) atoms. The van der Waals surface area contributed by atoms with Crippen LogP contribution in [-0.2, 0) is 0 Å². The number of aromatic hydroxyl groups is 3. The number of aromatic amines is 2. The highest BCUT2D eigenvalue weighted by atomic mass is 16.5. The molecule has 0 unspecified atom stereocenters. The summed E-state index contributed by atoms with van der Waals surface area (Å²) in [6.07, 6.45) is 1.97. The van der Waals surface area contributed by atoms with Gasteiger partial charge in [-0.3, -0.25) is 9.59 Å². The second-order valence-corrected chi connectivity index (χ2v) is 5.27. The fourth-order valence-electron chi connectivity index (χ4n) is 2.71. The number of benzene rings is 1. The highest BCUT2D eigenvalue weighted by molar-refractivity contribution is 5.56. The number of rotatable bonds is 4. The van der Waals surface area contributed by atoms with Crippen molar-refractivity contribution >= 4 is 0 Å². The minimum Gasteiger partial charge on any atom is -0.504 e. The van der Waals surface area contributed by atoms with Crippen LogP contribution in [0.25, 0.3) is 0 Å². The molecule has 0 saturated heterocycles. The van der Waals surface area contributed by atoms with E-state index in [-0.39, 0.29) is 28.2 Å². The lowest BCUT2D eigenvalue weighted by atomic mass is 9.86. The molecule has 10 heteroatoms. The molecule has 1 aromatic carbocycles. The summed E-state index contributed by atoms with van der Waals surface area (Å²) >= 11 is 0. The molecule has 0 aliphatic heterocycles. The van der Waals surface area contributed by atoms with Crippen molar-refractivity contribution in [2.75, 3.05) is 7.11 Å². The number of para-hydroxylation sites is 1. The van der Waals surface area contributed by atoms with E-state index in [2.05, 4.69) is 19.9 Å². The first kappa shape index (κ1) is 17.0. The predicted molar refractivity (Wildman–Crippen MR) is 88.6 cm³/mol. The van der Waals surface area contributed by atoms with Gasteiger partial charge in [0, 0.05) is 5.56 Å². The van der Waals surface area contributed by atoms with Gasteiger partial charge in [-0.1, -0.05) is 12.1 Å². The second kappa shape index (κ2) is 6.59. The van der Waals surface area contributed by atoms with E-state index in [1.54, 1.807) is 0 Å². The van der Waals surface area contributed by atoms with Gasteiger partial charge in [0.2, 0.25) is 11.8 Å². The first-order valence-electron chi connectivity index (χ1n) is 7.34. The molecule has 0 atom stereocenters. The first-order chi connectivity index (χ1) is 12.5. The Morgan fingerprint density at radius 1 is 0.962 bits per heavy atom. The number of phenols is 1. The molecule has 2 aromatic heterocycles. The van der Waals surface area contributed by atoms with Gasteiger partial charge in [0.25, 0.3) is 11.1 Å². The Morgan fingerprint density at radius 2 is 1.50 bits per heavy atom. The Bertz CT molecular complexity index is 1020. The smallest absolute Gasteiger partial charge is 0.258 e. The van der Waals surface area contributed by atoms with E-state index in [1.165, 1.54) is 25.3 Å². The maximum Gasteiger partial charge on any atom is 0.258 e. The fraction of sp³-hybridized carbons (Fsp3) is 0.125. The molecule has 0 spiro atoms. The number of hydrogen-bond acceptors (Lipinski definition) is 8. The number of aromatic nitrogens is 4. The summed E-state index contributed by atoms with van der Waals surface area (Å²) in [4.78, 5) is 36.5. The van der Waals surface area contributed by atoms with Crippen molar-refractivity contribution < 1.29 is 20.1 Å². The molecular formula is C16H14N4O6. The van der Waals surface area contributed by atoms with Crippen LogP contribution in [0.4, 0.5) is 0 Å². The number of nitrogens with one attached hydrogen (secondary N) is 2. The van der Waals surface area contributed by atoms with Crippen molar-refractivity contribution in [1.29, 1.82) is 0 Å². The summed E-state index contributed by atoms with van der Waals surface area (Å²) in [5.74, 6) is -2.98. The first-order valence-corrected chi connectivity index (χ1v) is 7.34. The van der Waals surface area contributed by atoms with Crippen molar-refractivity contribution in [3.05, 3.63) is 68.3 Å². The zero-order chi connectivity index (χ0) is 18.8. The van der Waals surface area contributed by atoms with Crippen molar-refractivity contribution in [3.8, 4) is 23.3 Å². The molecule has 10 nitrogen and oxygen atoms in total. The minimum absolute atomic E-state index is 0.0342. The molecule has 5 N–H and O–H groups in total. The zero-order valence-corrected chi connectivity index (χ0v) is 13.4.